The zero-order valence-corrected chi connectivity index (χ0v) is 17.1. The predicted octanol–water partition coefficient (Wildman–Crippen LogP) is 4.86. The van der Waals surface area contributed by atoms with E-state index in [1.54, 1.807) is 0 Å². The molecule has 0 spiro atoms. The standard InChI is InChI=1S/C21H39NO5/c1-2-3-4-5-6-7-8-9-10-11-12-13-14-15-19(23)22(18-21(26)27)17-16-20(24)25/h2-18H2,1H3,(H,24,25)(H,26,27). The SMILES string of the molecule is CCCCCCCCCCCCCCCC(=O)N(CCC(=O)O)CC(=O)O. The molecule has 0 saturated carbocycles. The number of hydrogen-bond donors (Lipinski definition) is 2. The monoisotopic (exact) mass is 385 g/mol. The largest absolute Gasteiger partial charge is 0.481 e. The first-order valence-electron chi connectivity index (χ1n) is 10.7. The Hall–Kier alpha value is -1.59. The molecule has 0 radical (unpaired) electrons. The van der Waals surface area contributed by atoms with Gasteiger partial charge in [-0.15, -0.1) is 0 Å². The molecule has 6 heteroatoms. The number of rotatable bonds is 19. The van der Waals surface area contributed by atoms with Gasteiger partial charge in [-0.1, -0.05) is 84.0 Å². The summed E-state index contributed by atoms with van der Waals surface area (Å²) in [4.78, 5) is 34.6. The minimum atomic E-state index is -1.11. The van der Waals surface area contributed by atoms with Crippen LogP contribution in [0.4, 0.5) is 0 Å². The third-order valence-corrected chi connectivity index (χ3v) is 4.77. The van der Waals surface area contributed by atoms with E-state index in [0.717, 1.165) is 24.2 Å². The summed E-state index contributed by atoms with van der Waals surface area (Å²) in [5.74, 6) is -2.40. The summed E-state index contributed by atoms with van der Waals surface area (Å²) >= 11 is 0. The maximum Gasteiger partial charge on any atom is 0.323 e. The molecule has 0 bridgehead atoms. The average molecular weight is 386 g/mol. The fraction of sp³-hybridized carbons (Fsp3) is 0.857. The smallest absolute Gasteiger partial charge is 0.323 e. The number of unbranched alkanes of at least 4 members (excludes halogenated alkanes) is 12. The van der Waals surface area contributed by atoms with Gasteiger partial charge in [0.05, 0.1) is 6.42 Å². The molecule has 0 aromatic rings. The third-order valence-electron chi connectivity index (χ3n) is 4.77. The van der Waals surface area contributed by atoms with E-state index in [9.17, 15) is 14.4 Å². The van der Waals surface area contributed by atoms with Crippen LogP contribution in [0, 0.1) is 0 Å². The van der Waals surface area contributed by atoms with Gasteiger partial charge in [0.25, 0.3) is 0 Å². The summed E-state index contributed by atoms with van der Waals surface area (Å²) in [7, 11) is 0. The number of hydrogen-bond acceptors (Lipinski definition) is 3. The van der Waals surface area contributed by atoms with Crippen LogP contribution >= 0.6 is 0 Å². The van der Waals surface area contributed by atoms with Crippen molar-refractivity contribution in [1.29, 1.82) is 0 Å². The predicted molar refractivity (Wildman–Crippen MR) is 107 cm³/mol. The van der Waals surface area contributed by atoms with Crippen LogP contribution in [0.2, 0.25) is 0 Å². The van der Waals surface area contributed by atoms with Crippen molar-refractivity contribution in [2.45, 2.75) is 103 Å². The first-order valence-corrected chi connectivity index (χ1v) is 10.7. The van der Waals surface area contributed by atoms with E-state index in [-0.39, 0.29) is 18.9 Å². The normalized spacial score (nSPS) is 10.7. The average Bonchev–Trinajstić information content (AvgIpc) is 2.61. The molecule has 0 fully saturated rings. The van der Waals surface area contributed by atoms with Crippen molar-refractivity contribution in [3.8, 4) is 0 Å². The molecule has 0 aromatic carbocycles. The second-order valence-electron chi connectivity index (χ2n) is 7.35. The molecule has 0 saturated heterocycles. The van der Waals surface area contributed by atoms with Crippen LogP contribution in [0.1, 0.15) is 103 Å². The van der Waals surface area contributed by atoms with Gasteiger partial charge >= 0.3 is 11.9 Å². The second kappa shape index (κ2) is 17.8. The van der Waals surface area contributed by atoms with Crippen LogP contribution in [0.5, 0.6) is 0 Å². The third kappa shape index (κ3) is 17.6. The molecular weight excluding hydrogens is 346 g/mol. The Balaban J connectivity index is 3.61. The van der Waals surface area contributed by atoms with Gasteiger partial charge in [0.15, 0.2) is 0 Å². The van der Waals surface area contributed by atoms with Crippen LogP contribution in [-0.2, 0) is 14.4 Å². The van der Waals surface area contributed by atoms with Crippen LogP contribution in [-0.4, -0.2) is 46.0 Å². The minimum absolute atomic E-state index is 0.0427. The van der Waals surface area contributed by atoms with Gasteiger partial charge in [0.2, 0.25) is 5.91 Å². The van der Waals surface area contributed by atoms with E-state index in [4.69, 9.17) is 10.2 Å². The maximum absolute atomic E-state index is 12.1. The summed E-state index contributed by atoms with van der Waals surface area (Å²) in [6.07, 6.45) is 16.0. The van der Waals surface area contributed by atoms with E-state index in [1.165, 1.54) is 64.2 Å². The maximum atomic E-state index is 12.1. The van der Waals surface area contributed by atoms with Gasteiger partial charge in [0.1, 0.15) is 6.54 Å². The van der Waals surface area contributed by atoms with Crippen LogP contribution < -0.4 is 0 Å². The highest BCUT2D eigenvalue weighted by molar-refractivity contribution is 5.81. The van der Waals surface area contributed by atoms with Crippen molar-refractivity contribution in [3.63, 3.8) is 0 Å². The van der Waals surface area contributed by atoms with Gasteiger partial charge < -0.3 is 15.1 Å². The molecule has 0 aliphatic carbocycles. The highest BCUT2D eigenvalue weighted by Crippen LogP contribution is 2.13. The lowest BCUT2D eigenvalue weighted by Crippen LogP contribution is -2.37. The highest BCUT2D eigenvalue weighted by Gasteiger charge is 2.17. The lowest BCUT2D eigenvalue weighted by Gasteiger charge is -2.19. The van der Waals surface area contributed by atoms with Crippen molar-refractivity contribution >= 4 is 17.8 Å². The molecule has 0 aliphatic heterocycles. The second-order valence-corrected chi connectivity index (χ2v) is 7.35. The van der Waals surface area contributed by atoms with E-state index in [0.29, 0.717) is 6.42 Å². The van der Waals surface area contributed by atoms with Crippen molar-refractivity contribution in [2.24, 2.45) is 0 Å². The number of carboxylic acids is 2. The molecule has 6 nitrogen and oxygen atoms in total. The van der Waals surface area contributed by atoms with Gasteiger partial charge in [-0.25, -0.2) is 0 Å². The van der Waals surface area contributed by atoms with Gasteiger partial charge in [-0.05, 0) is 6.42 Å². The number of carboxylic acid groups (broad SMARTS) is 2. The number of amides is 1. The van der Waals surface area contributed by atoms with Gasteiger partial charge in [0, 0.05) is 13.0 Å². The first kappa shape index (κ1) is 25.4. The lowest BCUT2D eigenvalue weighted by molar-refractivity contribution is -0.146. The minimum Gasteiger partial charge on any atom is -0.481 e. The topological polar surface area (TPSA) is 94.9 Å². The molecule has 0 unspecified atom stereocenters. The van der Waals surface area contributed by atoms with Crippen LogP contribution in [0.3, 0.4) is 0 Å². The van der Waals surface area contributed by atoms with Gasteiger partial charge in [-0.2, -0.15) is 0 Å². The number of carbonyl (C=O) groups is 3. The number of aliphatic carboxylic acids is 2. The van der Waals surface area contributed by atoms with E-state index in [1.807, 2.05) is 0 Å². The Morgan fingerprint density at radius 2 is 1.07 bits per heavy atom. The molecule has 0 atom stereocenters. The van der Waals surface area contributed by atoms with Crippen LogP contribution in [0.15, 0.2) is 0 Å². The van der Waals surface area contributed by atoms with E-state index < -0.39 is 18.5 Å². The summed E-state index contributed by atoms with van der Waals surface area (Å²) in [6.45, 7) is 1.77. The van der Waals surface area contributed by atoms with E-state index >= 15 is 0 Å². The van der Waals surface area contributed by atoms with Crippen molar-refractivity contribution < 1.29 is 24.6 Å². The molecule has 0 aromatic heterocycles. The fourth-order valence-corrected chi connectivity index (χ4v) is 3.14. The van der Waals surface area contributed by atoms with E-state index in [2.05, 4.69) is 6.92 Å². The number of nitrogens with zero attached hydrogens (tertiary/aromatic N) is 1. The van der Waals surface area contributed by atoms with Gasteiger partial charge in [-0.3, -0.25) is 14.4 Å². The highest BCUT2D eigenvalue weighted by atomic mass is 16.4. The summed E-state index contributed by atoms with van der Waals surface area (Å²) in [5.41, 5.74) is 0. The quantitative estimate of drug-likeness (QED) is 0.310. The lowest BCUT2D eigenvalue weighted by atomic mass is 10.0. The zero-order chi connectivity index (χ0) is 20.3. The van der Waals surface area contributed by atoms with Crippen molar-refractivity contribution in [1.82, 2.24) is 4.90 Å². The Bertz CT molecular complexity index is 411. The summed E-state index contributed by atoms with van der Waals surface area (Å²) in [6, 6.07) is 0. The Morgan fingerprint density at radius 3 is 1.48 bits per heavy atom. The molecule has 0 rings (SSSR count). The Morgan fingerprint density at radius 1 is 0.630 bits per heavy atom. The summed E-state index contributed by atoms with van der Waals surface area (Å²) in [5, 5.41) is 17.5. The zero-order valence-electron chi connectivity index (χ0n) is 17.1. The molecule has 27 heavy (non-hydrogen) atoms. The first-order chi connectivity index (χ1) is 13.0. The van der Waals surface area contributed by atoms with Crippen molar-refractivity contribution in [3.05, 3.63) is 0 Å². The van der Waals surface area contributed by atoms with Crippen molar-refractivity contribution in [2.75, 3.05) is 13.1 Å². The molecule has 0 heterocycles. The fourth-order valence-electron chi connectivity index (χ4n) is 3.14. The molecule has 2 N–H and O–H groups in total. The Labute approximate surface area is 164 Å². The molecular formula is C21H39NO5. The molecule has 1 amide bonds. The Kier molecular flexibility index (Phi) is 16.8. The summed E-state index contributed by atoms with van der Waals surface area (Å²) < 4.78 is 0. The van der Waals surface area contributed by atoms with Crippen LogP contribution in [0.25, 0.3) is 0 Å². The molecule has 158 valence electrons. The molecule has 0 aliphatic rings. The number of carbonyl (C=O) groups excluding carboxylic acids is 1.